The predicted octanol–water partition coefficient (Wildman–Crippen LogP) is 7.07. The summed E-state index contributed by atoms with van der Waals surface area (Å²) in [5.41, 5.74) is 8.56. The summed E-state index contributed by atoms with van der Waals surface area (Å²) in [7, 11) is 2.06. The molecule has 3 nitrogen and oxygen atoms in total. The molecule has 0 saturated heterocycles. The summed E-state index contributed by atoms with van der Waals surface area (Å²) in [6.45, 7) is 7.62. The summed E-state index contributed by atoms with van der Waals surface area (Å²) in [6, 6.07) is 21.8. The maximum atomic E-state index is 4.99. The van der Waals surface area contributed by atoms with Crippen molar-refractivity contribution < 1.29 is 0 Å². The average molecular weight is 438 g/mol. The van der Waals surface area contributed by atoms with E-state index in [4.69, 9.17) is 4.98 Å². The van der Waals surface area contributed by atoms with Crippen LogP contribution in [0.15, 0.2) is 73.1 Å². The van der Waals surface area contributed by atoms with Crippen molar-refractivity contribution in [2.24, 2.45) is 5.92 Å². The Bertz CT molecular complexity index is 1190. The van der Waals surface area contributed by atoms with Gasteiger partial charge in [-0.1, -0.05) is 62.2 Å². The number of aryl methyl sites for hydroxylation is 2. The lowest BCUT2D eigenvalue weighted by Crippen LogP contribution is -2.26. The largest absolute Gasteiger partial charge is 0.319 e. The number of unbranched alkanes of at least 4 members (excludes halogenated alkanes) is 1. The molecule has 2 aromatic heterocycles. The van der Waals surface area contributed by atoms with Gasteiger partial charge in [0.1, 0.15) is 0 Å². The van der Waals surface area contributed by atoms with Gasteiger partial charge >= 0.3 is 0 Å². The molecule has 1 N–H and O–H groups in total. The predicted molar refractivity (Wildman–Crippen MR) is 140 cm³/mol. The van der Waals surface area contributed by atoms with Crippen LogP contribution in [0, 0.1) is 19.8 Å². The molecule has 0 spiro atoms. The second-order valence-electron chi connectivity index (χ2n) is 9.06. The van der Waals surface area contributed by atoms with Gasteiger partial charge in [0.05, 0.1) is 5.52 Å². The van der Waals surface area contributed by atoms with Gasteiger partial charge in [0.15, 0.2) is 0 Å². The number of hydrogen-bond acceptors (Lipinski definition) is 3. The highest BCUT2D eigenvalue weighted by Crippen LogP contribution is 2.38. The van der Waals surface area contributed by atoms with Crippen LogP contribution in [0.5, 0.6) is 0 Å². The maximum Gasteiger partial charge on any atom is 0.0708 e. The van der Waals surface area contributed by atoms with Crippen LogP contribution in [0.1, 0.15) is 54.5 Å². The zero-order valence-electron chi connectivity index (χ0n) is 20.3. The molecular formula is C30H35N3. The third-order valence-corrected chi connectivity index (χ3v) is 6.78. The summed E-state index contributed by atoms with van der Waals surface area (Å²) in [5.74, 6) is 0.798. The van der Waals surface area contributed by atoms with E-state index in [0.29, 0.717) is 11.8 Å². The first kappa shape index (κ1) is 23.1. The SMILES string of the molecule is CCCCC(CNC)C(c1cccnc1)c1ccc2nc(C)c(-c3ccccc3)c(C)c2c1. The van der Waals surface area contributed by atoms with Crippen molar-refractivity contribution in [3.05, 3.63) is 95.4 Å². The first-order chi connectivity index (χ1) is 16.1. The lowest BCUT2D eigenvalue weighted by molar-refractivity contribution is 0.403. The maximum absolute atomic E-state index is 4.99. The van der Waals surface area contributed by atoms with E-state index in [2.05, 4.69) is 98.8 Å². The van der Waals surface area contributed by atoms with Crippen molar-refractivity contribution in [2.45, 2.75) is 46.0 Å². The topological polar surface area (TPSA) is 37.8 Å². The van der Waals surface area contributed by atoms with Crippen LogP contribution in [-0.2, 0) is 0 Å². The molecule has 0 aliphatic carbocycles. The molecule has 0 amide bonds. The normalized spacial score (nSPS) is 13.2. The van der Waals surface area contributed by atoms with E-state index in [1.54, 1.807) is 0 Å². The Labute approximate surface area is 198 Å². The van der Waals surface area contributed by atoms with Gasteiger partial charge in [0.25, 0.3) is 0 Å². The molecule has 0 saturated carbocycles. The summed E-state index contributed by atoms with van der Waals surface area (Å²) >= 11 is 0. The number of benzene rings is 2. The molecule has 2 unspecified atom stereocenters. The van der Waals surface area contributed by atoms with Crippen molar-refractivity contribution in [2.75, 3.05) is 13.6 Å². The minimum Gasteiger partial charge on any atom is -0.319 e. The Morgan fingerprint density at radius 2 is 1.76 bits per heavy atom. The van der Waals surface area contributed by atoms with Crippen LogP contribution < -0.4 is 5.32 Å². The van der Waals surface area contributed by atoms with Gasteiger partial charge in [0.2, 0.25) is 0 Å². The second kappa shape index (κ2) is 10.7. The number of nitrogens with one attached hydrogen (secondary N) is 1. The van der Waals surface area contributed by atoms with Gasteiger partial charge in [-0.05, 0) is 80.2 Å². The fourth-order valence-electron chi connectivity index (χ4n) is 5.23. The van der Waals surface area contributed by atoms with Crippen LogP contribution in [-0.4, -0.2) is 23.6 Å². The molecule has 0 aliphatic rings. The highest BCUT2D eigenvalue weighted by atomic mass is 14.8. The van der Waals surface area contributed by atoms with Crippen molar-refractivity contribution >= 4 is 10.9 Å². The smallest absolute Gasteiger partial charge is 0.0708 e. The molecule has 3 heteroatoms. The molecular weight excluding hydrogens is 402 g/mol. The first-order valence-electron chi connectivity index (χ1n) is 12.1. The molecule has 4 aromatic rings. The number of nitrogens with zero attached hydrogens (tertiary/aromatic N) is 2. The van der Waals surface area contributed by atoms with Crippen LogP contribution in [0.25, 0.3) is 22.0 Å². The van der Waals surface area contributed by atoms with E-state index in [9.17, 15) is 0 Å². The third kappa shape index (κ3) is 4.99. The molecule has 170 valence electrons. The number of rotatable bonds is 9. The Kier molecular flexibility index (Phi) is 7.51. The average Bonchev–Trinajstić information content (AvgIpc) is 2.84. The van der Waals surface area contributed by atoms with Gasteiger partial charge in [-0.15, -0.1) is 0 Å². The fourth-order valence-corrected chi connectivity index (χ4v) is 5.23. The van der Waals surface area contributed by atoms with Crippen LogP contribution in [0.2, 0.25) is 0 Å². The second-order valence-corrected chi connectivity index (χ2v) is 9.06. The standard InChI is InChI=1S/C30H35N3/c1-5-6-11-25(19-31-4)30(26-14-10-17-32-20-26)24-15-16-28-27(18-24)21(2)29(22(3)33-28)23-12-8-7-9-13-23/h7-10,12-18,20,25,30-31H,5-6,11,19H2,1-4H3. The molecule has 0 aliphatic heterocycles. The third-order valence-electron chi connectivity index (χ3n) is 6.78. The van der Waals surface area contributed by atoms with E-state index in [1.807, 2.05) is 12.4 Å². The lowest BCUT2D eigenvalue weighted by Gasteiger charge is -2.28. The summed E-state index contributed by atoms with van der Waals surface area (Å²) < 4.78 is 0. The van der Waals surface area contributed by atoms with E-state index in [1.165, 1.54) is 52.5 Å². The molecule has 4 rings (SSSR count). The summed E-state index contributed by atoms with van der Waals surface area (Å²) in [5, 5.41) is 4.69. The monoisotopic (exact) mass is 437 g/mol. The number of aromatic nitrogens is 2. The Balaban J connectivity index is 1.87. The van der Waals surface area contributed by atoms with Crippen molar-refractivity contribution in [1.29, 1.82) is 0 Å². The van der Waals surface area contributed by atoms with Crippen LogP contribution >= 0.6 is 0 Å². The Hall–Kier alpha value is -3.04. The number of pyridine rings is 2. The summed E-state index contributed by atoms with van der Waals surface area (Å²) in [6.07, 6.45) is 7.53. The highest BCUT2D eigenvalue weighted by Gasteiger charge is 2.25. The zero-order valence-corrected chi connectivity index (χ0v) is 20.3. The number of fused-ring (bicyclic) bond motifs is 1. The quantitative estimate of drug-likeness (QED) is 0.304. The number of hydrogen-bond donors (Lipinski definition) is 1. The van der Waals surface area contributed by atoms with Gasteiger partial charge in [-0.2, -0.15) is 0 Å². The van der Waals surface area contributed by atoms with Crippen molar-refractivity contribution in [3.8, 4) is 11.1 Å². The molecule has 2 aromatic carbocycles. The van der Waals surface area contributed by atoms with Gasteiger partial charge in [-0.25, -0.2) is 0 Å². The fraction of sp³-hybridized carbons (Fsp3) is 0.333. The lowest BCUT2D eigenvalue weighted by atomic mass is 9.78. The molecule has 33 heavy (non-hydrogen) atoms. The highest BCUT2D eigenvalue weighted by molar-refractivity contribution is 5.90. The minimum atomic E-state index is 0.294. The molecule has 0 fully saturated rings. The van der Waals surface area contributed by atoms with Crippen molar-refractivity contribution in [3.63, 3.8) is 0 Å². The van der Waals surface area contributed by atoms with Crippen molar-refractivity contribution in [1.82, 2.24) is 15.3 Å². The molecule has 2 heterocycles. The van der Waals surface area contributed by atoms with E-state index in [0.717, 1.165) is 17.8 Å². The molecule has 0 bridgehead atoms. The van der Waals surface area contributed by atoms with E-state index in [-0.39, 0.29) is 0 Å². The zero-order chi connectivity index (χ0) is 23.2. The van der Waals surface area contributed by atoms with Gasteiger partial charge in [-0.3, -0.25) is 9.97 Å². The molecule has 0 radical (unpaired) electrons. The van der Waals surface area contributed by atoms with Crippen LogP contribution in [0.3, 0.4) is 0 Å². The first-order valence-corrected chi connectivity index (χ1v) is 12.1. The van der Waals surface area contributed by atoms with Crippen LogP contribution in [0.4, 0.5) is 0 Å². The summed E-state index contributed by atoms with van der Waals surface area (Å²) in [4.78, 5) is 9.46. The van der Waals surface area contributed by atoms with E-state index < -0.39 is 0 Å². The minimum absolute atomic E-state index is 0.294. The Morgan fingerprint density at radius 1 is 0.939 bits per heavy atom. The van der Waals surface area contributed by atoms with Gasteiger partial charge in [0, 0.05) is 35.0 Å². The Morgan fingerprint density at radius 3 is 2.45 bits per heavy atom. The van der Waals surface area contributed by atoms with E-state index >= 15 is 0 Å². The molecule has 2 atom stereocenters. The van der Waals surface area contributed by atoms with Gasteiger partial charge < -0.3 is 5.32 Å².